The van der Waals surface area contributed by atoms with Crippen molar-refractivity contribution >= 4 is 12.4 Å². The molecule has 0 aromatic heterocycles. The van der Waals surface area contributed by atoms with Gasteiger partial charge in [0.1, 0.15) is 5.75 Å². The average Bonchev–Trinajstić information content (AvgIpc) is 2.80. The largest absolute Gasteiger partial charge is 0.508 e. The quantitative estimate of drug-likeness (QED) is 0.917. The Morgan fingerprint density at radius 2 is 1.81 bits per heavy atom. The van der Waals surface area contributed by atoms with Crippen LogP contribution in [0.4, 0.5) is 0 Å². The van der Waals surface area contributed by atoms with E-state index in [2.05, 4.69) is 29.2 Å². The fourth-order valence-corrected chi connectivity index (χ4v) is 3.01. The normalized spacial score (nSPS) is 22.0. The number of phenolic OH excluding ortho intramolecular Hbond substituents is 1. The van der Waals surface area contributed by atoms with E-state index in [0.717, 1.165) is 25.2 Å². The van der Waals surface area contributed by atoms with E-state index in [1.807, 2.05) is 24.3 Å². The van der Waals surface area contributed by atoms with E-state index in [1.54, 1.807) is 6.07 Å². The highest BCUT2D eigenvalue weighted by molar-refractivity contribution is 5.85. The average molecular weight is 305 g/mol. The molecule has 3 rings (SSSR count). The summed E-state index contributed by atoms with van der Waals surface area (Å²) in [5.74, 6) is 0.721. The van der Waals surface area contributed by atoms with E-state index in [1.165, 1.54) is 5.56 Å². The van der Waals surface area contributed by atoms with Crippen molar-refractivity contribution < 1.29 is 5.11 Å². The van der Waals surface area contributed by atoms with Crippen LogP contribution in [-0.4, -0.2) is 29.1 Å². The number of hydrogen-bond acceptors (Lipinski definition) is 3. The molecule has 112 valence electrons. The van der Waals surface area contributed by atoms with Gasteiger partial charge in [-0.15, -0.1) is 12.4 Å². The summed E-state index contributed by atoms with van der Waals surface area (Å²) in [5, 5.41) is 9.53. The lowest BCUT2D eigenvalue weighted by atomic mass is 9.95. The number of nitrogens with two attached hydrogens (primary N) is 1. The summed E-state index contributed by atoms with van der Waals surface area (Å²) in [6, 6.07) is 18.1. The summed E-state index contributed by atoms with van der Waals surface area (Å²) in [6.07, 6.45) is 0. The molecule has 1 aliphatic rings. The second kappa shape index (κ2) is 6.94. The summed E-state index contributed by atoms with van der Waals surface area (Å²) in [5.41, 5.74) is 8.74. The van der Waals surface area contributed by atoms with Crippen LogP contribution in [-0.2, 0) is 6.54 Å². The summed E-state index contributed by atoms with van der Waals surface area (Å²) >= 11 is 0. The van der Waals surface area contributed by atoms with Gasteiger partial charge in [0.2, 0.25) is 0 Å². The first-order valence-corrected chi connectivity index (χ1v) is 7.03. The lowest BCUT2D eigenvalue weighted by Crippen LogP contribution is -2.28. The maximum Gasteiger partial charge on any atom is 0.115 e. The van der Waals surface area contributed by atoms with Gasteiger partial charge >= 0.3 is 0 Å². The monoisotopic (exact) mass is 304 g/mol. The maximum absolute atomic E-state index is 9.53. The number of likely N-dealkylation sites (tertiary alicyclic amines) is 1. The molecule has 1 heterocycles. The van der Waals surface area contributed by atoms with E-state index < -0.39 is 0 Å². The fourth-order valence-electron chi connectivity index (χ4n) is 3.01. The molecule has 1 fully saturated rings. The number of benzene rings is 2. The van der Waals surface area contributed by atoms with Crippen LogP contribution in [0.15, 0.2) is 54.6 Å². The van der Waals surface area contributed by atoms with Crippen molar-refractivity contribution in [3.63, 3.8) is 0 Å². The minimum absolute atomic E-state index is 0. The van der Waals surface area contributed by atoms with Crippen LogP contribution in [0.2, 0.25) is 0 Å². The molecule has 0 aliphatic carbocycles. The number of rotatable bonds is 3. The first-order valence-electron chi connectivity index (χ1n) is 7.03. The summed E-state index contributed by atoms with van der Waals surface area (Å²) < 4.78 is 0. The third kappa shape index (κ3) is 3.76. The topological polar surface area (TPSA) is 49.5 Å². The number of phenols is 1. The second-order valence-corrected chi connectivity index (χ2v) is 5.55. The van der Waals surface area contributed by atoms with Crippen LogP contribution in [0.1, 0.15) is 17.0 Å². The van der Waals surface area contributed by atoms with Crippen LogP contribution in [0, 0.1) is 0 Å². The number of halogens is 1. The Bertz CT molecular complexity index is 576. The van der Waals surface area contributed by atoms with Crippen LogP contribution < -0.4 is 5.73 Å². The van der Waals surface area contributed by atoms with Gasteiger partial charge in [-0.05, 0) is 23.3 Å². The fraction of sp³-hybridized carbons (Fsp3) is 0.294. The van der Waals surface area contributed by atoms with Gasteiger partial charge in [0.05, 0.1) is 0 Å². The molecule has 0 radical (unpaired) electrons. The predicted molar refractivity (Wildman–Crippen MR) is 87.8 cm³/mol. The van der Waals surface area contributed by atoms with Crippen molar-refractivity contribution in [1.82, 2.24) is 4.90 Å². The smallest absolute Gasteiger partial charge is 0.115 e. The predicted octanol–water partition coefficient (Wildman–Crippen LogP) is 2.74. The molecule has 0 bridgehead atoms. The standard InChI is InChI=1S/C17H20N2O.ClH/c18-17-12-19(10-13-5-4-8-15(20)9-13)11-16(17)14-6-2-1-3-7-14;/h1-9,16-17,20H,10-12,18H2;1H/t16-,17+;/m0./s1. The Labute approximate surface area is 131 Å². The van der Waals surface area contributed by atoms with Gasteiger partial charge in [-0.3, -0.25) is 4.90 Å². The number of aromatic hydroxyl groups is 1. The van der Waals surface area contributed by atoms with Gasteiger partial charge in [-0.2, -0.15) is 0 Å². The van der Waals surface area contributed by atoms with Gasteiger partial charge in [0.15, 0.2) is 0 Å². The molecule has 0 amide bonds. The number of nitrogens with zero attached hydrogens (tertiary/aromatic N) is 1. The van der Waals surface area contributed by atoms with E-state index in [9.17, 15) is 5.11 Å². The molecular formula is C17H21ClN2O. The summed E-state index contributed by atoms with van der Waals surface area (Å²) in [6.45, 7) is 2.71. The molecule has 3 nitrogen and oxygen atoms in total. The van der Waals surface area contributed by atoms with Crippen molar-refractivity contribution in [2.24, 2.45) is 5.73 Å². The van der Waals surface area contributed by atoms with Gasteiger partial charge < -0.3 is 10.8 Å². The minimum atomic E-state index is 0. The molecule has 0 unspecified atom stereocenters. The Balaban J connectivity index is 0.00000161. The van der Waals surface area contributed by atoms with E-state index in [4.69, 9.17) is 5.73 Å². The molecule has 3 N–H and O–H groups in total. The zero-order valence-electron chi connectivity index (χ0n) is 11.9. The van der Waals surface area contributed by atoms with Gasteiger partial charge in [-0.1, -0.05) is 42.5 Å². The second-order valence-electron chi connectivity index (χ2n) is 5.55. The molecule has 0 saturated carbocycles. The summed E-state index contributed by atoms with van der Waals surface area (Å²) in [4.78, 5) is 2.36. The number of hydrogen-bond donors (Lipinski definition) is 2. The molecule has 2 atom stereocenters. The first kappa shape index (κ1) is 15.8. The van der Waals surface area contributed by atoms with E-state index >= 15 is 0 Å². The Morgan fingerprint density at radius 3 is 2.52 bits per heavy atom. The molecule has 1 aliphatic heterocycles. The zero-order chi connectivity index (χ0) is 13.9. The first-order chi connectivity index (χ1) is 9.72. The Morgan fingerprint density at radius 1 is 1.05 bits per heavy atom. The molecule has 4 heteroatoms. The lowest BCUT2D eigenvalue weighted by Gasteiger charge is -2.16. The molecule has 2 aromatic rings. The van der Waals surface area contributed by atoms with Crippen molar-refractivity contribution in [3.8, 4) is 5.75 Å². The van der Waals surface area contributed by atoms with Crippen molar-refractivity contribution in [2.45, 2.75) is 18.5 Å². The zero-order valence-corrected chi connectivity index (χ0v) is 12.7. The van der Waals surface area contributed by atoms with Crippen LogP contribution in [0.5, 0.6) is 5.75 Å². The minimum Gasteiger partial charge on any atom is -0.508 e. The van der Waals surface area contributed by atoms with E-state index in [-0.39, 0.29) is 18.4 Å². The van der Waals surface area contributed by atoms with E-state index in [0.29, 0.717) is 11.7 Å². The highest BCUT2D eigenvalue weighted by atomic mass is 35.5. The molecule has 0 spiro atoms. The summed E-state index contributed by atoms with van der Waals surface area (Å²) in [7, 11) is 0. The van der Waals surface area contributed by atoms with Gasteiger partial charge in [0, 0.05) is 31.6 Å². The Hall–Kier alpha value is -1.55. The SMILES string of the molecule is Cl.N[C@@H]1CN(Cc2cccc(O)c2)C[C@H]1c1ccccc1. The van der Waals surface area contributed by atoms with Crippen LogP contribution in [0.25, 0.3) is 0 Å². The molecular weight excluding hydrogens is 284 g/mol. The van der Waals surface area contributed by atoms with Crippen molar-refractivity contribution in [3.05, 3.63) is 65.7 Å². The van der Waals surface area contributed by atoms with Gasteiger partial charge in [0.25, 0.3) is 0 Å². The third-order valence-corrected chi connectivity index (χ3v) is 3.99. The molecule has 2 aromatic carbocycles. The highest BCUT2D eigenvalue weighted by Crippen LogP contribution is 2.27. The van der Waals surface area contributed by atoms with Gasteiger partial charge in [-0.25, -0.2) is 0 Å². The molecule has 1 saturated heterocycles. The lowest BCUT2D eigenvalue weighted by molar-refractivity contribution is 0.323. The molecule has 21 heavy (non-hydrogen) atoms. The highest BCUT2D eigenvalue weighted by Gasteiger charge is 2.30. The van der Waals surface area contributed by atoms with Crippen LogP contribution in [0.3, 0.4) is 0 Å². The maximum atomic E-state index is 9.53. The van der Waals surface area contributed by atoms with Crippen molar-refractivity contribution in [2.75, 3.05) is 13.1 Å². The third-order valence-electron chi connectivity index (χ3n) is 3.99. The Kier molecular flexibility index (Phi) is 5.23. The van der Waals surface area contributed by atoms with Crippen LogP contribution >= 0.6 is 12.4 Å². The van der Waals surface area contributed by atoms with Crippen molar-refractivity contribution in [1.29, 1.82) is 0 Å².